The lowest BCUT2D eigenvalue weighted by atomic mass is 10.1. The number of hydrogen-bond donors (Lipinski definition) is 1. The Morgan fingerprint density at radius 2 is 1.58 bits per heavy atom. The minimum absolute atomic E-state index is 0.181. The zero-order valence-electron chi connectivity index (χ0n) is 11.0. The summed E-state index contributed by atoms with van der Waals surface area (Å²) in [5.74, 6) is 0.864. The predicted molar refractivity (Wildman–Crippen MR) is 79.6 cm³/mol. The summed E-state index contributed by atoms with van der Waals surface area (Å²) in [5.41, 5.74) is 8.10. The summed E-state index contributed by atoms with van der Waals surface area (Å²) in [6.07, 6.45) is 0.886. The van der Waals surface area contributed by atoms with Crippen LogP contribution in [-0.2, 0) is 13.0 Å². The fourth-order valence-corrected chi connectivity index (χ4v) is 1.97. The van der Waals surface area contributed by atoms with Crippen molar-refractivity contribution >= 4 is 11.6 Å². The standard InChI is InChI=1S/C16H18ClNO/c1-12(18)10-13-4-8-16(9-5-13)19-11-14-2-6-15(17)7-3-14/h2-9,12H,10-11,18H2,1H3. The molecular formula is C16H18ClNO. The lowest BCUT2D eigenvalue weighted by molar-refractivity contribution is 0.306. The molecule has 19 heavy (non-hydrogen) atoms. The van der Waals surface area contributed by atoms with Gasteiger partial charge < -0.3 is 10.5 Å². The topological polar surface area (TPSA) is 35.2 Å². The first-order chi connectivity index (χ1) is 9.13. The molecule has 0 spiro atoms. The van der Waals surface area contributed by atoms with Crippen molar-refractivity contribution in [2.75, 3.05) is 0 Å². The van der Waals surface area contributed by atoms with E-state index in [-0.39, 0.29) is 6.04 Å². The highest BCUT2D eigenvalue weighted by Crippen LogP contribution is 2.16. The van der Waals surface area contributed by atoms with E-state index >= 15 is 0 Å². The molecule has 1 atom stereocenters. The molecule has 0 aliphatic heterocycles. The Kier molecular flexibility index (Phi) is 4.83. The molecule has 0 saturated heterocycles. The summed E-state index contributed by atoms with van der Waals surface area (Å²) in [4.78, 5) is 0. The molecule has 1 unspecified atom stereocenters. The Morgan fingerprint density at radius 3 is 2.16 bits per heavy atom. The van der Waals surface area contributed by atoms with Gasteiger partial charge in [0.2, 0.25) is 0 Å². The fourth-order valence-electron chi connectivity index (χ4n) is 1.84. The number of halogens is 1. The van der Waals surface area contributed by atoms with Gasteiger partial charge in [0.15, 0.2) is 0 Å². The Bertz CT molecular complexity index is 505. The maximum Gasteiger partial charge on any atom is 0.119 e. The highest BCUT2D eigenvalue weighted by atomic mass is 35.5. The Morgan fingerprint density at radius 1 is 1.00 bits per heavy atom. The molecule has 0 heterocycles. The molecule has 3 heteroatoms. The SMILES string of the molecule is CC(N)Cc1ccc(OCc2ccc(Cl)cc2)cc1. The van der Waals surface area contributed by atoms with E-state index in [1.165, 1.54) is 5.56 Å². The van der Waals surface area contributed by atoms with Gasteiger partial charge in [0.05, 0.1) is 0 Å². The summed E-state index contributed by atoms with van der Waals surface area (Å²) in [6, 6.07) is 15.9. The van der Waals surface area contributed by atoms with Crippen LogP contribution in [0.2, 0.25) is 5.02 Å². The fraction of sp³-hybridized carbons (Fsp3) is 0.250. The van der Waals surface area contributed by atoms with Crippen LogP contribution in [0.3, 0.4) is 0 Å². The number of ether oxygens (including phenoxy) is 1. The largest absolute Gasteiger partial charge is 0.489 e. The van der Waals surface area contributed by atoms with Crippen molar-refractivity contribution in [3.63, 3.8) is 0 Å². The van der Waals surface area contributed by atoms with Crippen molar-refractivity contribution in [2.24, 2.45) is 5.73 Å². The smallest absolute Gasteiger partial charge is 0.119 e. The van der Waals surface area contributed by atoms with Crippen LogP contribution in [0.5, 0.6) is 5.75 Å². The normalized spacial score (nSPS) is 12.2. The van der Waals surface area contributed by atoms with E-state index in [0.717, 1.165) is 22.8 Å². The average Bonchev–Trinajstić information content (AvgIpc) is 2.39. The third kappa shape index (κ3) is 4.58. The third-order valence-corrected chi connectivity index (χ3v) is 3.05. The second kappa shape index (κ2) is 6.60. The van der Waals surface area contributed by atoms with E-state index < -0.39 is 0 Å². The van der Waals surface area contributed by atoms with E-state index in [2.05, 4.69) is 12.1 Å². The molecule has 0 radical (unpaired) electrons. The van der Waals surface area contributed by atoms with Gasteiger partial charge in [-0.15, -0.1) is 0 Å². The molecule has 2 N–H and O–H groups in total. The van der Waals surface area contributed by atoms with Crippen LogP contribution in [0, 0.1) is 0 Å². The number of nitrogens with two attached hydrogens (primary N) is 1. The highest BCUT2D eigenvalue weighted by Gasteiger charge is 2.00. The van der Waals surface area contributed by atoms with Gasteiger partial charge in [-0.05, 0) is 48.7 Å². The van der Waals surface area contributed by atoms with Crippen molar-refractivity contribution in [2.45, 2.75) is 26.0 Å². The molecule has 0 fully saturated rings. The van der Waals surface area contributed by atoms with Crippen LogP contribution >= 0.6 is 11.6 Å². The van der Waals surface area contributed by atoms with Gasteiger partial charge in [0.25, 0.3) is 0 Å². The summed E-state index contributed by atoms with van der Waals surface area (Å²) in [7, 11) is 0. The monoisotopic (exact) mass is 275 g/mol. The quantitative estimate of drug-likeness (QED) is 0.901. The van der Waals surface area contributed by atoms with Gasteiger partial charge in [-0.1, -0.05) is 35.9 Å². The van der Waals surface area contributed by atoms with Gasteiger partial charge in [-0.25, -0.2) is 0 Å². The van der Waals surface area contributed by atoms with Gasteiger partial charge in [-0.3, -0.25) is 0 Å². The lowest BCUT2D eigenvalue weighted by Gasteiger charge is -2.08. The second-order valence-electron chi connectivity index (χ2n) is 4.74. The van der Waals surface area contributed by atoms with Crippen LogP contribution in [0.1, 0.15) is 18.1 Å². The summed E-state index contributed by atoms with van der Waals surface area (Å²) in [5, 5.41) is 0.740. The summed E-state index contributed by atoms with van der Waals surface area (Å²) in [6.45, 7) is 2.55. The molecule has 2 aromatic carbocycles. The molecule has 2 aromatic rings. The average molecular weight is 276 g/mol. The minimum atomic E-state index is 0.181. The Balaban J connectivity index is 1.91. The molecule has 0 bridgehead atoms. The summed E-state index contributed by atoms with van der Waals surface area (Å²) >= 11 is 5.84. The Hall–Kier alpha value is -1.51. The molecule has 0 aromatic heterocycles. The molecule has 100 valence electrons. The van der Waals surface area contributed by atoms with Crippen LogP contribution in [0.25, 0.3) is 0 Å². The zero-order chi connectivity index (χ0) is 13.7. The molecule has 0 aliphatic rings. The van der Waals surface area contributed by atoms with E-state index in [1.807, 2.05) is 43.3 Å². The molecule has 2 nitrogen and oxygen atoms in total. The summed E-state index contributed by atoms with van der Waals surface area (Å²) < 4.78 is 5.72. The van der Waals surface area contributed by atoms with Gasteiger partial charge in [0, 0.05) is 11.1 Å². The van der Waals surface area contributed by atoms with Crippen molar-refractivity contribution in [3.05, 3.63) is 64.7 Å². The minimum Gasteiger partial charge on any atom is -0.489 e. The van der Waals surface area contributed by atoms with E-state index in [0.29, 0.717) is 6.61 Å². The first-order valence-corrected chi connectivity index (χ1v) is 6.73. The predicted octanol–water partition coefficient (Wildman–Crippen LogP) is 3.81. The van der Waals surface area contributed by atoms with Crippen molar-refractivity contribution in [1.29, 1.82) is 0 Å². The first-order valence-electron chi connectivity index (χ1n) is 6.35. The van der Waals surface area contributed by atoms with Crippen molar-refractivity contribution in [3.8, 4) is 5.75 Å². The zero-order valence-corrected chi connectivity index (χ0v) is 11.7. The van der Waals surface area contributed by atoms with Gasteiger partial charge >= 0.3 is 0 Å². The van der Waals surface area contributed by atoms with E-state index in [9.17, 15) is 0 Å². The maximum absolute atomic E-state index is 5.84. The number of benzene rings is 2. The van der Waals surface area contributed by atoms with Crippen LogP contribution < -0.4 is 10.5 Å². The Labute approximate surface area is 119 Å². The number of rotatable bonds is 5. The molecular weight excluding hydrogens is 258 g/mol. The van der Waals surface area contributed by atoms with Crippen molar-refractivity contribution < 1.29 is 4.74 Å². The first kappa shape index (κ1) is 13.9. The van der Waals surface area contributed by atoms with E-state index in [1.54, 1.807) is 0 Å². The molecule has 2 rings (SSSR count). The number of hydrogen-bond acceptors (Lipinski definition) is 2. The van der Waals surface area contributed by atoms with Gasteiger partial charge in [0.1, 0.15) is 12.4 Å². The molecule has 0 saturated carbocycles. The van der Waals surface area contributed by atoms with E-state index in [4.69, 9.17) is 22.1 Å². The van der Waals surface area contributed by atoms with Gasteiger partial charge in [-0.2, -0.15) is 0 Å². The van der Waals surface area contributed by atoms with Crippen LogP contribution in [0.15, 0.2) is 48.5 Å². The molecule has 0 amide bonds. The third-order valence-electron chi connectivity index (χ3n) is 2.80. The van der Waals surface area contributed by atoms with Crippen LogP contribution in [-0.4, -0.2) is 6.04 Å². The molecule has 0 aliphatic carbocycles. The van der Waals surface area contributed by atoms with Crippen molar-refractivity contribution in [1.82, 2.24) is 0 Å². The second-order valence-corrected chi connectivity index (χ2v) is 5.18. The maximum atomic E-state index is 5.84. The highest BCUT2D eigenvalue weighted by molar-refractivity contribution is 6.30. The lowest BCUT2D eigenvalue weighted by Crippen LogP contribution is -2.17. The van der Waals surface area contributed by atoms with Crippen LogP contribution in [0.4, 0.5) is 0 Å².